The molecule has 1 N–H and O–H groups in total. The predicted octanol–water partition coefficient (Wildman–Crippen LogP) is 4.22. The standard InChI is InChI=1S/C25H28N4O2S/c1-19-7-3-4-8-22(19)29-16-13-26-25(29)32-18-23(30)27-17-20-9-11-21(12-10-20)24(31)28-14-5-2-6-15-28/h3-4,7-13,16H,2,5-6,14-15,17-18H2,1H3,(H,27,30). The van der Waals surface area contributed by atoms with Gasteiger partial charge in [-0.25, -0.2) is 4.98 Å². The molecule has 32 heavy (non-hydrogen) atoms. The fourth-order valence-electron chi connectivity index (χ4n) is 3.84. The molecular formula is C25H28N4O2S. The van der Waals surface area contributed by atoms with Gasteiger partial charge in [0.1, 0.15) is 0 Å². The normalized spacial score (nSPS) is 13.7. The van der Waals surface area contributed by atoms with Crippen molar-refractivity contribution in [3.8, 4) is 5.69 Å². The summed E-state index contributed by atoms with van der Waals surface area (Å²) in [6, 6.07) is 15.6. The maximum Gasteiger partial charge on any atom is 0.253 e. The lowest BCUT2D eigenvalue weighted by Crippen LogP contribution is -2.35. The second-order valence-corrected chi connectivity index (χ2v) is 8.92. The Balaban J connectivity index is 1.27. The predicted molar refractivity (Wildman–Crippen MR) is 127 cm³/mol. The first-order valence-electron chi connectivity index (χ1n) is 11.0. The number of nitrogens with one attached hydrogen (secondary N) is 1. The largest absolute Gasteiger partial charge is 0.351 e. The van der Waals surface area contributed by atoms with Crippen LogP contribution in [0, 0.1) is 6.92 Å². The van der Waals surface area contributed by atoms with E-state index < -0.39 is 0 Å². The van der Waals surface area contributed by atoms with Crippen molar-refractivity contribution < 1.29 is 9.59 Å². The van der Waals surface area contributed by atoms with E-state index in [0.29, 0.717) is 12.1 Å². The Bertz CT molecular complexity index is 1070. The van der Waals surface area contributed by atoms with Crippen molar-refractivity contribution in [3.05, 3.63) is 77.6 Å². The zero-order valence-corrected chi connectivity index (χ0v) is 19.1. The highest BCUT2D eigenvalue weighted by molar-refractivity contribution is 7.99. The van der Waals surface area contributed by atoms with Crippen LogP contribution in [0.3, 0.4) is 0 Å². The molecule has 6 nitrogen and oxygen atoms in total. The molecular weight excluding hydrogens is 420 g/mol. The van der Waals surface area contributed by atoms with Gasteiger partial charge < -0.3 is 10.2 Å². The third kappa shape index (κ3) is 5.40. The van der Waals surface area contributed by atoms with E-state index in [1.165, 1.54) is 18.2 Å². The van der Waals surface area contributed by atoms with Gasteiger partial charge in [-0.15, -0.1) is 0 Å². The van der Waals surface area contributed by atoms with Crippen LogP contribution in [0.25, 0.3) is 5.69 Å². The van der Waals surface area contributed by atoms with Crippen LogP contribution in [-0.2, 0) is 11.3 Å². The third-order valence-electron chi connectivity index (χ3n) is 5.65. The molecule has 4 rings (SSSR count). The molecule has 1 saturated heterocycles. The van der Waals surface area contributed by atoms with Crippen molar-refractivity contribution in [3.63, 3.8) is 0 Å². The summed E-state index contributed by atoms with van der Waals surface area (Å²) in [6.45, 7) is 4.18. The van der Waals surface area contributed by atoms with Crippen LogP contribution < -0.4 is 5.32 Å². The van der Waals surface area contributed by atoms with Crippen molar-refractivity contribution in [2.45, 2.75) is 37.9 Å². The Morgan fingerprint density at radius 2 is 1.78 bits per heavy atom. The maximum atomic E-state index is 12.6. The fraction of sp³-hybridized carbons (Fsp3) is 0.320. The second-order valence-electron chi connectivity index (χ2n) is 7.98. The summed E-state index contributed by atoms with van der Waals surface area (Å²) in [5, 5.41) is 3.74. The first-order valence-corrected chi connectivity index (χ1v) is 12.0. The number of aromatic nitrogens is 2. The van der Waals surface area contributed by atoms with Gasteiger partial charge in [0.15, 0.2) is 5.16 Å². The van der Waals surface area contributed by atoms with E-state index in [1.54, 1.807) is 6.20 Å². The molecule has 2 aromatic carbocycles. The molecule has 0 aliphatic carbocycles. The lowest BCUT2D eigenvalue weighted by atomic mass is 10.1. The molecule has 7 heteroatoms. The number of imidazole rings is 1. The molecule has 0 atom stereocenters. The maximum absolute atomic E-state index is 12.6. The minimum Gasteiger partial charge on any atom is -0.351 e. The molecule has 0 unspecified atom stereocenters. The number of para-hydroxylation sites is 1. The topological polar surface area (TPSA) is 67.2 Å². The average Bonchev–Trinajstić information content (AvgIpc) is 3.30. The van der Waals surface area contributed by atoms with Crippen LogP contribution in [0.5, 0.6) is 0 Å². The third-order valence-corrected chi connectivity index (χ3v) is 6.61. The Morgan fingerprint density at radius 1 is 1.03 bits per heavy atom. The van der Waals surface area contributed by atoms with E-state index in [1.807, 2.05) is 58.1 Å². The number of thioether (sulfide) groups is 1. The van der Waals surface area contributed by atoms with Gasteiger partial charge >= 0.3 is 0 Å². The Labute approximate surface area is 193 Å². The first kappa shape index (κ1) is 22.1. The number of hydrogen-bond donors (Lipinski definition) is 1. The number of nitrogens with zero attached hydrogens (tertiary/aromatic N) is 3. The summed E-state index contributed by atoms with van der Waals surface area (Å²) in [5.41, 5.74) is 3.90. The Morgan fingerprint density at radius 3 is 2.53 bits per heavy atom. The van der Waals surface area contributed by atoms with Crippen LogP contribution in [0.4, 0.5) is 0 Å². The summed E-state index contributed by atoms with van der Waals surface area (Å²) in [5.74, 6) is 0.331. The summed E-state index contributed by atoms with van der Waals surface area (Å²) in [4.78, 5) is 31.3. The van der Waals surface area contributed by atoms with E-state index in [-0.39, 0.29) is 17.6 Å². The number of piperidine rings is 1. The second kappa shape index (κ2) is 10.5. The zero-order chi connectivity index (χ0) is 22.3. The van der Waals surface area contributed by atoms with Gasteiger partial charge in [0.2, 0.25) is 5.91 Å². The molecule has 3 aromatic rings. The highest BCUT2D eigenvalue weighted by Crippen LogP contribution is 2.22. The average molecular weight is 449 g/mol. The number of benzene rings is 2. The number of likely N-dealkylation sites (tertiary alicyclic amines) is 1. The number of rotatable bonds is 7. The lowest BCUT2D eigenvalue weighted by Gasteiger charge is -2.26. The van der Waals surface area contributed by atoms with Crippen LogP contribution in [0.1, 0.15) is 40.7 Å². The molecule has 0 radical (unpaired) electrons. The van der Waals surface area contributed by atoms with Crippen molar-refractivity contribution in [1.82, 2.24) is 19.8 Å². The van der Waals surface area contributed by atoms with Crippen molar-refractivity contribution in [2.75, 3.05) is 18.8 Å². The van der Waals surface area contributed by atoms with Gasteiger partial charge in [0, 0.05) is 37.6 Å². The van der Waals surface area contributed by atoms with Gasteiger partial charge in [-0.2, -0.15) is 0 Å². The molecule has 0 spiro atoms. The van der Waals surface area contributed by atoms with E-state index >= 15 is 0 Å². The number of hydrogen-bond acceptors (Lipinski definition) is 4. The molecule has 0 bridgehead atoms. The monoisotopic (exact) mass is 448 g/mol. The molecule has 2 amide bonds. The number of aryl methyl sites for hydroxylation is 1. The number of carbonyl (C=O) groups excluding carboxylic acids is 2. The van der Waals surface area contributed by atoms with Crippen molar-refractivity contribution in [1.29, 1.82) is 0 Å². The van der Waals surface area contributed by atoms with E-state index in [9.17, 15) is 9.59 Å². The molecule has 0 saturated carbocycles. The molecule has 1 aromatic heterocycles. The first-order chi connectivity index (χ1) is 15.6. The van der Waals surface area contributed by atoms with Gasteiger partial charge in [-0.1, -0.05) is 42.1 Å². The van der Waals surface area contributed by atoms with Crippen LogP contribution in [0.15, 0.2) is 66.1 Å². The van der Waals surface area contributed by atoms with E-state index in [4.69, 9.17) is 0 Å². The minimum atomic E-state index is -0.0530. The number of amides is 2. The molecule has 2 heterocycles. The van der Waals surface area contributed by atoms with Crippen LogP contribution in [0.2, 0.25) is 0 Å². The van der Waals surface area contributed by atoms with Gasteiger partial charge in [-0.05, 0) is 55.5 Å². The van der Waals surface area contributed by atoms with Crippen LogP contribution >= 0.6 is 11.8 Å². The SMILES string of the molecule is Cc1ccccc1-n1ccnc1SCC(=O)NCc1ccc(C(=O)N2CCCCC2)cc1. The Kier molecular flexibility index (Phi) is 7.27. The van der Waals surface area contributed by atoms with Crippen LogP contribution in [-0.4, -0.2) is 45.1 Å². The molecule has 1 aliphatic rings. The fourth-order valence-corrected chi connectivity index (χ4v) is 4.64. The zero-order valence-electron chi connectivity index (χ0n) is 18.3. The van der Waals surface area contributed by atoms with E-state index in [0.717, 1.165) is 47.9 Å². The summed E-state index contributed by atoms with van der Waals surface area (Å²) >= 11 is 1.41. The van der Waals surface area contributed by atoms with Crippen molar-refractivity contribution >= 4 is 23.6 Å². The van der Waals surface area contributed by atoms with Gasteiger partial charge in [0.05, 0.1) is 11.4 Å². The summed E-state index contributed by atoms with van der Waals surface area (Å²) in [6.07, 6.45) is 7.03. The Hall–Kier alpha value is -3.06. The summed E-state index contributed by atoms with van der Waals surface area (Å²) < 4.78 is 2.01. The van der Waals surface area contributed by atoms with Gasteiger partial charge in [0.25, 0.3) is 5.91 Å². The minimum absolute atomic E-state index is 0.0530. The van der Waals surface area contributed by atoms with Crippen molar-refractivity contribution in [2.24, 2.45) is 0 Å². The van der Waals surface area contributed by atoms with Gasteiger partial charge in [-0.3, -0.25) is 14.2 Å². The molecule has 1 fully saturated rings. The molecule has 1 aliphatic heterocycles. The lowest BCUT2D eigenvalue weighted by molar-refractivity contribution is -0.118. The quantitative estimate of drug-likeness (QED) is 0.550. The highest BCUT2D eigenvalue weighted by Gasteiger charge is 2.18. The molecule has 166 valence electrons. The number of carbonyl (C=O) groups is 2. The highest BCUT2D eigenvalue weighted by atomic mass is 32.2. The smallest absolute Gasteiger partial charge is 0.253 e. The summed E-state index contributed by atoms with van der Waals surface area (Å²) in [7, 11) is 0. The van der Waals surface area contributed by atoms with E-state index in [2.05, 4.69) is 23.3 Å².